The molecule has 0 N–H and O–H groups in total. The number of benzene rings is 3. The van der Waals surface area contributed by atoms with Crippen LogP contribution in [0.25, 0.3) is 5.69 Å². The Hall–Kier alpha value is -4.52. The van der Waals surface area contributed by atoms with Crippen LogP contribution in [0, 0.1) is 20.8 Å². The van der Waals surface area contributed by atoms with Crippen molar-refractivity contribution in [2.75, 3.05) is 7.05 Å². The standard InChI is InChI=1S/C30H28N4O3/c1-19-9-5-8-12-27(19)34-21(3)26(20(2)31-34)18-32(4)28(35)23-15-13-22(14-16-23)17-33-29(36)24-10-6-7-11-25(24)30(33)37/h5-16H,17-18H2,1-4H3. The Kier molecular flexibility index (Phi) is 6.21. The van der Waals surface area contributed by atoms with Crippen LogP contribution in [0.5, 0.6) is 0 Å². The average molecular weight is 493 g/mol. The number of para-hydroxylation sites is 1. The minimum atomic E-state index is -0.294. The molecule has 0 atom stereocenters. The fraction of sp³-hybridized carbons (Fsp3) is 0.200. The van der Waals surface area contributed by atoms with Gasteiger partial charge in [0.1, 0.15) is 0 Å². The summed E-state index contributed by atoms with van der Waals surface area (Å²) in [4.78, 5) is 41.4. The third kappa shape index (κ3) is 4.33. The van der Waals surface area contributed by atoms with Crippen molar-refractivity contribution in [3.8, 4) is 5.69 Å². The molecule has 0 unspecified atom stereocenters. The number of aromatic nitrogens is 2. The molecule has 0 aliphatic carbocycles. The molecule has 37 heavy (non-hydrogen) atoms. The van der Waals surface area contributed by atoms with Crippen molar-refractivity contribution in [3.05, 3.63) is 118 Å². The van der Waals surface area contributed by atoms with Crippen molar-refractivity contribution in [3.63, 3.8) is 0 Å². The van der Waals surface area contributed by atoms with Crippen LogP contribution >= 0.6 is 0 Å². The second-order valence-electron chi connectivity index (χ2n) is 9.45. The zero-order chi connectivity index (χ0) is 26.3. The second kappa shape index (κ2) is 9.50. The van der Waals surface area contributed by atoms with Gasteiger partial charge in [-0.25, -0.2) is 4.68 Å². The number of aryl methyl sites for hydroxylation is 2. The predicted molar refractivity (Wildman–Crippen MR) is 141 cm³/mol. The zero-order valence-corrected chi connectivity index (χ0v) is 21.4. The highest BCUT2D eigenvalue weighted by atomic mass is 16.2. The molecule has 1 aliphatic heterocycles. The molecule has 2 heterocycles. The number of hydrogen-bond acceptors (Lipinski definition) is 4. The number of hydrogen-bond donors (Lipinski definition) is 0. The van der Waals surface area contributed by atoms with E-state index in [0.29, 0.717) is 23.2 Å². The minimum absolute atomic E-state index is 0.116. The normalized spacial score (nSPS) is 12.7. The fourth-order valence-corrected chi connectivity index (χ4v) is 4.79. The summed E-state index contributed by atoms with van der Waals surface area (Å²) in [6.45, 7) is 6.63. The Morgan fingerprint density at radius 2 is 1.43 bits per heavy atom. The second-order valence-corrected chi connectivity index (χ2v) is 9.45. The first-order valence-corrected chi connectivity index (χ1v) is 12.2. The summed E-state index contributed by atoms with van der Waals surface area (Å²) in [5, 5.41) is 4.73. The summed E-state index contributed by atoms with van der Waals surface area (Å²) in [5.74, 6) is -0.704. The van der Waals surface area contributed by atoms with E-state index in [1.807, 2.05) is 36.7 Å². The molecule has 4 aromatic rings. The molecule has 186 valence electrons. The lowest BCUT2D eigenvalue weighted by Gasteiger charge is -2.18. The molecule has 0 radical (unpaired) electrons. The summed E-state index contributed by atoms with van der Waals surface area (Å²) < 4.78 is 1.94. The van der Waals surface area contributed by atoms with Gasteiger partial charge < -0.3 is 4.90 Å². The Balaban J connectivity index is 1.29. The summed E-state index contributed by atoms with van der Waals surface area (Å²) in [7, 11) is 1.78. The molecule has 1 aromatic heterocycles. The molecule has 0 fully saturated rings. The smallest absolute Gasteiger partial charge is 0.261 e. The van der Waals surface area contributed by atoms with E-state index in [1.165, 1.54) is 4.90 Å². The fourth-order valence-electron chi connectivity index (χ4n) is 4.79. The number of carbonyl (C=O) groups excluding carboxylic acids is 3. The maximum absolute atomic E-state index is 13.2. The topological polar surface area (TPSA) is 75.5 Å². The van der Waals surface area contributed by atoms with E-state index in [2.05, 4.69) is 13.0 Å². The maximum atomic E-state index is 13.2. The monoisotopic (exact) mass is 492 g/mol. The molecule has 0 saturated heterocycles. The van der Waals surface area contributed by atoms with Crippen molar-refractivity contribution in [2.45, 2.75) is 33.9 Å². The first-order chi connectivity index (χ1) is 17.8. The van der Waals surface area contributed by atoms with Gasteiger partial charge in [0.15, 0.2) is 0 Å². The van der Waals surface area contributed by atoms with E-state index >= 15 is 0 Å². The van der Waals surface area contributed by atoms with E-state index in [-0.39, 0.29) is 24.3 Å². The first-order valence-electron chi connectivity index (χ1n) is 12.2. The summed E-state index contributed by atoms with van der Waals surface area (Å²) >= 11 is 0. The number of nitrogens with zero attached hydrogens (tertiary/aromatic N) is 4. The van der Waals surface area contributed by atoms with Crippen molar-refractivity contribution < 1.29 is 14.4 Å². The molecule has 7 heteroatoms. The molecule has 0 spiro atoms. The van der Waals surface area contributed by atoms with Gasteiger partial charge >= 0.3 is 0 Å². The van der Waals surface area contributed by atoms with E-state index in [9.17, 15) is 14.4 Å². The molecule has 3 aromatic carbocycles. The quantitative estimate of drug-likeness (QED) is 0.360. The number of rotatable bonds is 6. The highest BCUT2D eigenvalue weighted by Gasteiger charge is 2.35. The van der Waals surface area contributed by atoms with E-state index in [0.717, 1.165) is 33.8 Å². The molecular formula is C30H28N4O3. The molecule has 3 amide bonds. The van der Waals surface area contributed by atoms with Crippen molar-refractivity contribution in [1.82, 2.24) is 19.6 Å². The number of carbonyl (C=O) groups is 3. The lowest BCUT2D eigenvalue weighted by Crippen LogP contribution is -2.29. The lowest BCUT2D eigenvalue weighted by atomic mass is 10.1. The van der Waals surface area contributed by atoms with Crippen molar-refractivity contribution in [2.24, 2.45) is 0 Å². The van der Waals surface area contributed by atoms with Gasteiger partial charge in [0, 0.05) is 30.4 Å². The van der Waals surface area contributed by atoms with Gasteiger partial charge in [0.25, 0.3) is 17.7 Å². The van der Waals surface area contributed by atoms with E-state index < -0.39 is 0 Å². The van der Waals surface area contributed by atoms with Gasteiger partial charge in [-0.3, -0.25) is 19.3 Å². The van der Waals surface area contributed by atoms with Crippen LogP contribution in [-0.4, -0.2) is 44.3 Å². The number of amides is 3. The molecular weight excluding hydrogens is 464 g/mol. The zero-order valence-electron chi connectivity index (χ0n) is 21.4. The predicted octanol–water partition coefficient (Wildman–Crippen LogP) is 4.87. The van der Waals surface area contributed by atoms with E-state index in [1.54, 1.807) is 60.5 Å². The van der Waals surface area contributed by atoms with Gasteiger partial charge in [0.05, 0.1) is 29.1 Å². The summed E-state index contributed by atoms with van der Waals surface area (Å²) in [6.07, 6.45) is 0. The summed E-state index contributed by atoms with van der Waals surface area (Å²) in [6, 6.07) is 22.0. The molecule has 0 saturated carbocycles. The van der Waals surface area contributed by atoms with Gasteiger partial charge in [-0.15, -0.1) is 0 Å². The van der Waals surface area contributed by atoms with Gasteiger partial charge in [-0.1, -0.05) is 42.5 Å². The largest absolute Gasteiger partial charge is 0.337 e. The first kappa shape index (κ1) is 24.2. The Morgan fingerprint density at radius 3 is 2.05 bits per heavy atom. The Bertz CT molecular complexity index is 1500. The highest BCUT2D eigenvalue weighted by Crippen LogP contribution is 2.25. The number of imide groups is 1. The van der Waals surface area contributed by atoms with Gasteiger partial charge in [-0.05, 0) is 62.2 Å². The maximum Gasteiger partial charge on any atom is 0.261 e. The third-order valence-electron chi connectivity index (χ3n) is 6.95. The van der Waals surface area contributed by atoms with Gasteiger partial charge in [0.2, 0.25) is 0 Å². The van der Waals surface area contributed by atoms with Crippen LogP contribution in [-0.2, 0) is 13.1 Å². The Labute approximate surface area is 215 Å². The SMILES string of the molecule is Cc1ccccc1-n1nc(C)c(CN(C)C(=O)c2ccc(CN3C(=O)c4ccccc4C3=O)cc2)c1C. The Morgan fingerprint density at radius 1 is 0.838 bits per heavy atom. The number of fused-ring (bicyclic) bond motifs is 1. The molecule has 7 nitrogen and oxygen atoms in total. The van der Waals surface area contributed by atoms with Crippen LogP contribution in [0.2, 0.25) is 0 Å². The minimum Gasteiger partial charge on any atom is -0.337 e. The van der Waals surface area contributed by atoms with Crippen LogP contribution < -0.4 is 0 Å². The van der Waals surface area contributed by atoms with Crippen molar-refractivity contribution in [1.29, 1.82) is 0 Å². The summed E-state index contributed by atoms with van der Waals surface area (Å²) in [5.41, 5.74) is 7.23. The highest BCUT2D eigenvalue weighted by molar-refractivity contribution is 6.21. The molecule has 1 aliphatic rings. The van der Waals surface area contributed by atoms with Crippen LogP contribution in [0.15, 0.2) is 72.8 Å². The van der Waals surface area contributed by atoms with Crippen LogP contribution in [0.4, 0.5) is 0 Å². The molecule has 5 rings (SSSR count). The van der Waals surface area contributed by atoms with Crippen molar-refractivity contribution >= 4 is 17.7 Å². The average Bonchev–Trinajstić information content (AvgIpc) is 3.32. The molecule has 0 bridgehead atoms. The lowest BCUT2D eigenvalue weighted by molar-refractivity contribution is 0.0641. The van der Waals surface area contributed by atoms with Crippen LogP contribution in [0.1, 0.15) is 59.2 Å². The van der Waals surface area contributed by atoms with E-state index in [4.69, 9.17) is 5.10 Å². The van der Waals surface area contributed by atoms with Crippen LogP contribution in [0.3, 0.4) is 0 Å². The van der Waals surface area contributed by atoms with Gasteiger partial charge in [-0.2, -0.15) is 5.10 Å². The third-order valence-corrected chi connectivity index (χ3v) is 6.95.